The highest BCUT2D eigenvalue weighted by atomic mass is 16.9. The molecule has 3 rings (SSSR count). The van der Waals surface area contributed by atoms with Crippen molar-refractivity contribution in [2.45, 2.75) is 90.3 Å². The van der Waals surface area contributed by atoms with E-state index in [0.717, 1.165) is 24.8 Å². The number of esters is 2. The number of carbonyl (C=O) groups is 2. The quantitative estimate of drug-likeness (QED) is 0.0977. The maximum atomic E-state index is 12.5. The first-order chi connectivity index (χ1) is 17.5. The van der Waals surface area contributed by atoms with Gasteiger partial charge in [-0.25, -0.2) is 4.79 Å². The predicted octanol–water partition coefficient (Wildman–Crippen LogP) is 3.67. The monoisotopic (exact) mass is 523 g/mol. The molecule has 0 aromatic carbocycles. The lowest BCUT2D eigenvalue weighted by atomic mass is 9.46. The van der Waals surface area contributed by atoms with Gasteiger partial charge < -0.3 is 24.5 Å². The van der Waals surface area contributed by atoms with Crippen LogP contribution in [0.5, 0.6) is 0 Å². The third-order valence-electron chi connectivity index (χ3n) is 8.96. The average Bonchev–Trinajstić information content (AvgIpc) is 3.19. The summed E-state index contributed by atoms with van der Waals surface area (Å²) in [5, 5.41) is 30.2. The van der Waals surface area contributed by atoms with Crippen LogP contribution in [0.15, 0.2) is 23.8 Å². The first-order valence-electron chi connectivity index (χ1n) is 13.3. The number of fused-ring (bicyclic) bond motifs is 1. The molecule has 2 saturated carbocycles. The number of hydrogen-bond donors (Lipinski definition) is 2. The SMILES string of the molecule is C=C1CC[C@@H]2[C@](C)(CO)[C@H](O)CC[C@@]2(C)[C@@H]1C/C=C1/C(=O)OC[C@H]1OC(=O)CCCCCCO[N+](=O)[O-]. The maximum absolute atomic E-state index is 12.5. The minimum absolute atomic E-state index is 0.00504. The number of hydrogen-bond acceptors (Lipinski definition) is 9. The lowest BCUT2D eigenvalue weighted by Gasteiger charge is -2.59. The fourth-order valence-electron chi connectivity index (χ4n) is 6.73. The smallest absolute Gasteiger partial charge is 0.337 e. The van der Waals surface area contributed by atoms with Crippen molar-refractivity contribution in [1.29, 1.82) is 0 Å². The number of ether oxygens (including phenoxy) is 2. The average molecular weight is 524 g/mol. The van der Waals surface area contributed by atoms with Crippen molar-refractivity contribution in [3.05, 3.63) is 33.9 Å². The van der Waals surface area contributed by atoms with Gasteiger partial charge in [-0.15, -0.1) is 10.1 Å². The van der Waals surface area contributed by atoms with Crippen LogP contribution >= 0.6 is 0 Å². The van der Waals surface area contributed by atoms with Crippen molar-refractivity contribution >= 4 is 11.9 Å². The van der Waals surface area contributed by atoms with Gasteiger partial charge in [0.25, 0.3) is 5.09 Å². The van der Waals surface area contributed by atoms with Gasteiger partial charge in [-0.2, -0.15) is 0 Å². The van der Waals surface area contributed by atoms with Crippen LogP contribution in [0.4, 0.5) is 0 Å². The molecule has 208 valence electrons. The Morgan fingerprint density at radius 2 is 2.00 bits per heavy atom. The zero-order valence-electron chi connectivity index (χ0n) is 22.0. The van der Waals surface area contributed by atoms with Crippen LogP contribution in [0.25, 0.3) is 0 Å². The van der Waals surface area contributed by atoms with Gasteiger partial charge in [0.1, 0.15) is 6.61 Å². The molecule has 1 saturated heterocycles. The molecule has 10 nitrogen and oxygen atoms in total. The van der Waals surface area contributed by atoms with Gasteiger partial charge in [0.2, 0.25) is 0 Å². The molecule has 2 N–H and O–H groups in total. The molecule has 3 fully saturated rings. The van der Waals surface area contributed by atoms with Gasteiger partial charge in [-0.05, 0) is 62.2 Å². The Morgan fingerprint density at radius 1 is 1.27 bits per heavy atom. The van der Waals surface area contributed by atoms with Gasteiger partial charge >= 0.3 is 11.9 Å². The lowest BCUT2D eigenvalue weighted by molar-refractivity contribution is -0.757. The van der Waals surface area contributed by atoms with E-state index in [-0.39, 0.29) is 43.5 Å². The Balaban J connectivity index is 1.58. The van der Waals surface area contributed by atoms with Crippen LogP contribution < -0.4 is 0 Å². The highest BCUT2D eigenvalue weighted by Crippen LogP contribution is 2.61. The van der Waals surface area contributed by atoms with Crippen LogP contribution in [0.1, 0.15) is 78.1 Å². The van der Waals surface area contributed by atoms with Gasteiger partial charge in [0, 0.05) is 11.8 Å². The van der Waals surface area contributed by atoms with E-state index in [2.05, 4.69) is 18.3 Å². The van der Waals surface area contributed by atoms with E-state index in [9.17, 15) is 29.9 Å². The molecule has 37 heavy (non-hydrogen) atoms. The molecular formula is C27H41NO9. The molecule has 0 aromatic heterocycles. The third kappa shape index (κ3) is 6.52. The number of rotatable bonds is 12. The number of aliphatic hydroxyl groups is 2. The molecule has 3 aliphatic rings. The Hall–Kier alpha value is -2.46. The van der Waals surface area contributed by atoms with E-state index >= 15 is 0 Å². The van der Waals surface area contributed by atoms with Crippen molar-refractivity contribution in [2.75, 3.05) is 19.8 Å². The first-order valence-corrected chi connectivity index (χ1v) is 13.3. The number of carbonyl (C=O) groups excluding carboxylic acids is 2. The van der Waals surface area contributed by atoms with Gasteiger partial charge in [0.15, 0.2) is 6.10 Å². The molecule has 1 aliphatic heterocycles. The maximum Gasteiger partial charge on any atom is 0.337 e. The van der Waals surface area contributed by atoms with Crippen LogP contribution in [0, 0.1) is 32.8 Å². The summed E-state index contributed by atoms with van der Waals surface area (Å²) in [6.07, 6.45) is 6.88. The van der Waals surface area contributed by atoms with Crippen molar-refractivity contribution < 1.29 is 39.2 Å². The molecule has 0 bridgehead atoms. The molecular weight excluding hydrogens is 482 g/mol. The number of aliphatic hydroxyl groups excluding tert-OH is 2. The lowest BCUT2D eigenvalue weighted by Crippen LogP contribution is -2.57. The summed E-state index contributed by atoms with van der Waals surface area (Å²) >= 11 is 0. The van der Waals surface area contributed by atoms with Crippen LogP contribution in [-0.2, 0) is 23.9 Å². The molecule has 2 aliphatic carbocycles. The standard InChI is InChI=1S/C27H41NO9/c1-18-9-12-22-26(2,14-13-23(30)27(22,3)17-29)20(18)11-10-19-21(16-35-25(19)32)37-24(31)8-6-4-5-7-15-36-28(33)34/h10,20-23,29-30H,1,4-9,11-17H2,2-3H3/b19-10+/t20-,21-,22+,23-,26+,27+/m1/s1. The Morgan fingerprint density at radius 3 is 2.70 bits per heavy atom. The summed E-state index contributed by atoms with van der Waals surface area (Å²) in [7, 11) is 0. The number of unbranched alkanes of at least 4 members (excludes halogenated alkanes) is 3. The Bertz CT molecular complexity index is 902. The van der Waals surface area contributed by atoms with Crippen molar-refractivity contribution in [1.82, 2.24) is 0 Å². The molecule has 0 radical (unpaired) electrons. The fraction of sp³-hybridized carbons (Fsp3) is 0.778. The first kappa shape index (κ1) is 29.1. The third-order valence-corrected chi connectivity index (χ3v) is 8.96. The summed E-state index contributed by atoms with van der Waals surface area (Å²) < 4.78 is 10.8. The topological polar surface area (TPSA) is 145 Å². The predicted molar refractivity (Wildman–Crippen MR) is 133 cm³/mol. The highest BCUT2D eigenvalue weighted by Gasteiger charge is 2.57. The highest BCUT2D eigenvalue weighted by molar-refractivity contribution is 5.92. The van der Waals surface area contributed by atoms with Crippen LogP contribution in [-0.4, -0.2) is 59.3 Å². The summed E-state index contributed by atoms with van der Waals surface area (Å²) in [6.45, 7) is 8.46. The molecule has 0 aromatic rings. The molecule has 6 atom stereocenters. The Labute approximate surface area is 218 Å². The van der Waals surface area contributed by atoms with E-state index in [0.29, 0.717) is 44.1 Å². The summed E-state index contributed by atoms with van der Waals surface area (Å²) in [5.41, 5.74) is 0.700. The van der Waals surface area contributed by atoms with Crippen LogP contribution in [0.2, 0.25) is 0 Å². The van der Waals surface area contributed by atoms with E-state index in [1.165, 1.54) is 0 Å². The zero-order valence-corrected chi connectivity index (χ0v) is 22.0. The minimum Gasteiger partial charge on any atom is -0.458 e. The molecule has 0 unspecified atom stereocenters. The minimum atomic E-state index is -0.818. The fourth-order valence-corrected chi connectivity index (χ4v) is 6.73. The number of nitrogens with zero attached hydrogens (tertiary/aromatic N) is 1. The second kappa shape index (κ2) is 12.4. The van der Waals surface area contributed by atoms with Crippen LogP contribution in [0.3, 0.4) is 0 Å². The second-order valence-electron chi connectivity index (χ2n) is 11.2. The van der Waals surface area contributed by atoms with Gasteiger partial charge in [-0.3, -0.25) is 4.79 Å². The van der Waals surface area contributed by atoms with E-state index < -0.39 is 34.6 Å². The molecule has 10 heteroatoms. The van der Waals surface area contributed by atoms with Crippen molar-refractivity contribution in [3.8, 4) is 0 Å². The van der Waals surface area contributed by atoms with E-state index in [4.69, 9.17) is 9.47 Å². The molecule has 0 spiro atoms. The Kier molecular flexibility index (Phi) is 9.74. The summed E-state index contributed by atoms with van der Waals surface area (Å²) in [5.74, 6) is -0.699. The molecule has 0 amide bonds. The second-order valence-corrected chi connectivity index (χ2v) is 11.2. The van der Waals surface area contributed by atoms with E-state index in [1.54, 1.807) is 0 Å². The van der Waals surface area contributed by atoms with E-state index in [1.807, 2.05) is 13.0 Å². The number of allylic oxidation sites excluding steroid dienone is 2. The summed E-state index contributed by atoms with van der Waals surface area (Å²) in [6, 6.07) is 0. The number of cyclic esters (lactones) is 1. The zero-order chi connectivity index (χ0) is 27.2. The summed E-state index contributed by atoms with van der Waals surface area (Å²) in [4.78, 5) is 39.2. The normalized spacial score (nSPS) is 34.6. The van der Waals surface area contributed by atoms with Crippen molar-refractivity contribution in [2.24, 2.45) is 22.7 Å². The van der Waals surface area contributed by atoms with Crippen molar-refractivity contribution in [3.63, 3.8) is 0 Å². The molecule has 1 heterocycles. The largest absolute Gasteiger partial charge is 0.458 e. The van der Waals surface area contributed by atoms with Gasteiger partial charge in [-0.1, -0.05) is 44.9 Å². The van der Waals surface area contributed by atoms with Gasteiger partial charge in [0.05, 0.1) is 24.9 Å².